The number of piperazine rings is 1. The topological polar surface area (TPSA) is 58.4 Å². The van der Waals surface area contributed by atoms with Crippen molar-refractivity contribution in [3.63, 3.8) is 0 Å². The molecule has 0 spiro atoms. The van der Waals surface area contributed by atoms with Crippen molar-refractivity contribution in [2.45, 2.75) is 6.92 Å². The molecule has 0 unspecified atom stereocenters. The first kappa shape index (κ1) is 18.4. The molecule has 28 heavy (non-hydrogen) atoms. The van der Waals surface area contributed by atoms with E-state index in [2.05, 4.69) is 5.10 Å². The number of hydrogen-bond donors (Lipinski definition) is 0. The predicted octanol–water partition coefficient (Wildman–Crippen LogP) is 3.04. The Labute approximate surface area is 165 Å². The summed E-state index contributed by atoms with van der Waals surface area (Å²) in [6.45, 7) is 3.52. The SMILES string of the molecule is CC(=O)N1CCN(C(=O)c2cc(-c3cccs3)nn2-c2ccc(F)cc2)CC1. The van der Waals surface area contributed by atoms with E-state index in [9.17, 15) is 14.0 Å². The highest BCUT2D eigenvalue weighted by molar-refractivity contribution is 7.13. The Balaban J connectivity index is 1.68. The molecule has 6 nitrogen and oxygen atoms in total. The molecule has 1 saturated heterocycles. The van der Waals surface area contributed by atoms with E-state index >= 15 is 0 Å². The van der Waals surface area contributed by atoms with Crippen LogP contribution in [-0.4, -0.2) is 57.6 Å². The van der Waals surface area contributed by atoms with E-state index < -0.39 is 0 Å². The number of carbonyl (C=O) groups is 2. The molecule has 1 aliphatic rings. The molecule has 4 rings (SSSR count). The Hall–Kier alpha value is -3.00. The number of benzene rings is 1. The smallest absolute Gasteiger partial charge is 0.272 e. The number of aromatic nitrogens is 2. The normalized spacial score (nSPS) is 14.4. The van der Waals surface area contributed by atoms with E-state index in [4.69, 9.17) is 0 Å². The van der Waals surface area contributed by atoms with Crippen LogP contribution in [0.5, 0.6) is 0 Å². The second-order valence-corrected chi connectivity index (χ2v) is 7.53. The van der Waals surface area contributed by atoms with E-state index in [1.54, 1.807) is 44.0 Å². The highest BCUT2D eigenvalue weighted by Crippen LogP contribution is 2.26. The third-order valence-electron chi connectivity index (χ3n) is 4.79. The van der Waals surface area contributed by atoms with Gasteiger partial charge in [-0.25, -0.2) is 9.07 Å². The minimum atomic E-state index is -0.345. The van der Waals surface area contributed by atoms with Crippen LogP contribution in [0.3, 0.4) is 0 Å². The molecule has 0 N–H and O–H groups in total. The van der Waals surface area contributed by atoms with Crippen molar-refractivity contribution in [1.29, 1.82) is 0 Å². The summed E-state index contributed by atoms with van der Waals surface area (Å²) < 4.78 is 14.9. The van der Waals surface area contributed by atoms with Gasteiger partial charge in [0.15, 0.2) is 0 Å². The van der Waals surface area contributed by atoms with Gasteiger partial charge in [-0.15, -0.1) is 11.3 Å². The zero-order valence-electron chi connectivity index (χ0n) is 15.3. The molecule has 8 heteroatoms. The number of rotatable bonds is 3. The summed E-state index contributed by atoms with van der Waals surface area (Å²) in [6, 6.07) is 11.6. The van der Waals surface area contributed by atoms with Crippen LogP contribution in [0.4, 0.5) is 4.39 Å². The van der Waals surface area contributed by atoms with E-state index in [0.29, 0.717) is 43.3 Å². The molecule has 0 aliphatic carbocycles. The third kappa shape index (κ3) is 3.55. The van der Waals surface area contributed by atoms with Gasteiger partial charge in [0.25, 0.3) is 5.91 Å². The van der Waals surface area contributed by atoms with E-state index in [1.165, 1.54) is 19.1 Å². The molecule has 0 atom stereocenters. The van der Waals surface area contributed by atoms with Gasteiger partial charge in [0.05, 0.1) is 10.6 Å². The van der Waals surface area contributed by atoms with Crippen molar-refractivity contribution in [2.24, 2.45) is 0 Å². The quantitative estimate of drug-likeness (QED) is 0.681. The highest BCUT2D eigenvalue weighted by Gasteiger charge is 2.27. The molecule has 0 radical (unpaired) electrons. The molecule has 144 valence electrons. The fourth-order valence-electron chi connectivity index (χ4n) is 3.24. The molecule has 0 bridgehead atoms. The van der Waals surface area contributed by atoms with Crippen LogP contribution < -0.4 is 0 Å². The molecule has 2 amide bonds. The number of halogens is 1. The van der Waals surface area contributed by atoms with Crippen LogP contribution in [0.2, 0.25) is 0 Å². The number of thiophene rings is 1. The zero-order valence-corrected chi connectivity index (χ0v) is 16.2. The summed E-state index contributed by atoms with van der Waals surface area (Å²) in [7, 11) is 0. The van der Waals surface area contributed by atoms with Crippen molar-refractivity contribution in [2.75, 3.05) is 26.2 Å². The van der Waals surface area contributed by atoms with Crippen LogP contribution in [0.25, 0.3) is 16.3 Å². The van der Waals surface area contributed by atoms with Crippen molar-refractivity contribution in [1.82, 2.24) is 19.6 Å². The van der Waals surface area contributed by atoms with Crippen LogP contribution in [-0.2, 0) is 4.79 Å². The Morgan fingerprint density at radius 2 is 1.71 bits per heavy atom. The average Bonchev–Trinajstić information content (AvgIpc) is 3.38. The fourth-order valence-corrected chi connectivity index (χ4v) is 3.93. The number of nitrogens with zero attached hydrogens (tertiary/aromatic N) is 4. The van der Waals surface area contributed by atoms with Crippen molar-refractivity contribution in [3.05, 3.63) is 59.4 Å². The fraction of sp³-hybridized carbons (Fsp3) is 0.250. The maximum Gasteiger partial charge on any atom is 0.272 e. The summed E-state index contributed by atoms with van der Waals surface area (Å²) in [5.41, 5.74) is 1.74. The van der Waals surface area contributed by atoms with Gasteiger partial charge in [-0.05, 0) is 41.8 Å². The van der Waals surface area contributed by atoms with Crippen LogP contribution in [0.15, 0.2) is 47.8 Å². The Morgan fingerprint density at radius 3 is 2.32 bits per heavy atom. The first-order chi connectivity index (χ1) is 13.5. The van der Waals surface area contributed by atoms with E-state index in [-0.39, 0.29) is 17.6 Å². The Morgan fingerprint density at radius 1 is 1.04 bits per heavy atom. The summed E-state index contributed by atoms with van der Waals surface area (Å²) in [5, 5.41) is 6.56. The molecular formula is C20H19FN4O2S. The number of carbonyl (C=O) groups excluding carboxylic acids is 2. The highest BCUT2D eigenvalue weighted by atomic mass is 32.1. The van der Waals surface area contributed by atoms with Gasteiger partial charge in [-0.1, -0.05) is 6.07 Å². The predicted molar refractivity (Wildman–Crippen MR) is 105 cm³/mol. The Kier molecular flexibility index (Phi) is 4.95. The lowest BCUT2D eigenvalue weighted by atomic mass is 10.2. The minimum Gasteiger partial charge on any atom is -0.339 e. The van der Waals surface area contributed by atoms with Gasteiger partial charge in [-0.2, -0.15) is 5.10 Å². The number of hydrogen-bond acceptors (Lipinski definition) is 4. The number of amides is 2. The molecule has 1 aliphatic heterocycles. The molecule has 3 aromatic rings. The maximum atomic E-state index is 13.3. The lowest BCUT2D eigenvalue weighted by Gasteiger charge is -2.34. The van der Waals surface area contributed by atoms with E-state index in [1.807, 2.05) is 17.5 Å². The minimum absolute atomic E-state index is 0.0171. The van der Waals surface area contributed by atoms with Crippen LogP contribution >= 0.6 is 11.3 Å². The first-order valence-corrected chi connectivity index (χ1v) is 9.85. The van der Waals surface area contributed by atoms with Crippen LogP contribution in [0, 0.1) is 5.82 Å². The average molecular weight is 398 g/mol. The lowest BCUT2D eigenvalue weighted by Crippen LogP contribution is -2.50. The summed E-state index contributed by atoms with van der Waals surface area (Å²) >= 11 is 1.54. The molecule has 1 fully saturated rings. The third-order valence-corrected chi connectivity index (χ3v) is 5.68. The second-order valence-electron chi connectivity index (χ2n) is 6.58. The maximum absolute atomic E-state index is 13.3. The van der Waals surface area contributed by atoms with Gasteiger partial charge in [0.2, 0.25) is 5.91 Å². The van der Waals surface area contributed by atoms with Gasteiger partial charge in [0, 0.05) is 33.1 Å². The summed E-state index contributed by atoms with van der Waals surface area (Å²) in [6.07, 6.45) is 0. The molecule has 3 heterocycles. The van der Waals surface area contributed by atoms with Gasteiger partial charge >= 0.3 is 0 Å². The summed E-state index contributed by atoms with van der Waals surface area (Å²) in [5.74, 6) is -0.478. The van der Waals surface area contributed by atoms with E-state index in [0.717, 1.165) is 4.88 Å². The van der Waals surface area contributed by atoms with Crippen molar-refractivity contribution >= 4 is 23.2 Å². The monoisotopic (exact) mass is 398 g/mol. The molecule has 2 aromatic heterocycles. The molecular weight excluding hydrogens is 379 g/mol. The van der Waals surface area contributed by atoms with Crippen molar-refractivity contribution < 1.29 is 14.0 Å². The molecule has 0 saturated carbocycles. The molecule has 1 aromatic carbocycles. The first-order valence-electron chi connectivity index (χ1n) is 8.97. The van der Waals surface area contributed by atoms with Gasteiger partial charge in [-0.3, -0.25) is 9.59 Å². The largest absolute Gasteiger partial charge is 0.339 e. The second kappa shape index (κ2) is 7.55. The van der Waals surface area contributed by atoms with Crippen LogP contribution in [0.1, 0.15) is 17.4 Å². The lowest BCUT2D eigenvalue weighted by molar-refractivity contribution is -0.130. The van der Waals surface area contributed by atoms with Gasteiger partial charge < -0.3 is 9.80 Å². The van der Waals surface area contributed by atoms with Crippen molar-refractivity contribution in [3.8, 4) is 16.3 Å². The standard InChI is InChI=1S/C20H19FN4O2S/c1-14(26)23-8-10-24(11-9-23)20(27)18-13-17(19-3-2-12-28-19)22-25(18)16-6-4-15(21)5-7-16/h2-7,12-13H,8-11H2,1H3. The van der Waals surface area contributed by atoms with Gasteiger partial charge in [0.1, 0.15) is 17.2 Å². The Bertz CT molecular complexity index is 990. The zero-order chi connectivity index (χ0) is 19.7. The summed E-state index contributed by atoms with van der Waals surface area (Å²) in [4.78, 5) is 29.2.